The van der Waals surface area contributed by atoms with Gasteiger partial charge in [0.05, 0.1) is 4.90 Å². The molecule has 0 saturated heterocycles. The molecule has 2 aromatic carbocycles. The quantitative estimate of drug-likeness (QED) is 0.853. The van der Waals surface area contributed by atoms with Gasteiger partial charge in [0.2, 0.25) is 10.0 Å². The lowest BCUT2D eigenvalue weighted by atomic mass is 10.1. The lowest BCUT2D eigenvalue weighted by Gasteiger charge is -2.18. The number of anilines is 1. The molecule has 0 unspecified atom stereocenters. The fourth-order valence-electron chi connectivity index (χ4n) is 2.36. The van der Waals surface area contributed by atoms with Gasteiger partial charge in [-0.2, -0.15) is 0 Å². The summed E-state index contributed by atoms with van der Waals surface area (Å²) in [4.78, 5) is 0.269. The van der Waals surface area contributed by atoms with E-state index in [0.717, 1.165) is 5.56 Å². The van der Waals surface area contributed by atoms with Crippen LogP contribution >= 0.6 is 0 Å². The van der Waals surface area contributed by atoms with E-state index in [9.17, 15) is 8.42 Å². The van der Waals surface area contributed by atoms with Gasteiger partial charge >= 0.3 is 0 Å². The maximum atomic E-state index is 12.6. The van der Waals surface area contributed by atoms with Gasteiger partial charge in [-0.1, -0.05) is 36.4 Å². The van der Waals surface area contributed by atoms with Crippen molar-refractivity contribution in [3.8, 4) is 0 Å². The third-order valence-corrected chi connectivity index (χ3v) is 5.37. The van der Waals surface area contributed by atoms with Crippen molar-refractivity contribution < 1.29 is 8.42 Å². The smallest absolute Gasteiger partial charge is 0.241 e. The van der Waals surface area contributed by atoms with Crippen molar-refractivity contribution in [2.24, 2.45) is 0 Å². The van der Waals surface area contributed by atoms with Gasteiger partial charge in [0.15, 0.2) is 0 Å². The van der Waals surface area contributed by atoms with Crippen molar-refractivity contribution in [3.63, 3.8) is 0 Å². The number of nitrogen functional groups attached to an aromatic ring is 1. The van der Waals surface area contributed by atoms with Crippen LogP contribution < -0.4 is 10.5 Å². The molecule has 0 bridgehead atoms. The molecule has 112 valence electrons. The van der Waals surface area contributed by atoms with E-state index in [4.69, 9.17) is 5.73 Å². The van der Waals surface area contributed by atoms with Gasteiger partial charge in [0.25, 0.3) is 0 Å². The molecule has 0 amide bonds. The number of hydrogen-bond acceptors (Lipinski definition) is 3. The number of rotatable bonds is 4. The van der Waals surface area contributed by atoms with E-state index < -0.39 is 10.0 Å². The summed E-state index contributed by atoms with van der Waals surface area (Å²) in [6.07, 6.45) is 0. The number of benzene rings is 2. The van der Waals surface area contributed by atoms with Crippen LogP contribution in [0.1, 0.15) is 29.7 Å². The van der Waals surface area contributed by atoms with Crippen molar-refractivity contribution in [2.45, 2.75) is 31.7 Å². The number of sulfonamides is 1. The lowest BCUT2D eigenvalue weighted by Crippen LogP contribution is -2.28. The molecule has 2 aromatic rings. The van der Waals surface area contributed by atoms with E-state index in [-0.39, 0.29) is 10.9 Å². The second-order valence-electron chi connectivity index (χ2n) is 5.18. The van der Waals surface area contributed by atoms with Gasteiger partial charge in [-0.15, -0.1) is 0 Å². The standard InChI is InChI=1S/C16H20N2O2S/c1-11-9-10-15(17)12(2)16(11)21(19,20)18-13(3)14-7-5-4-6-8-14/h4-10,13,18H,17H2,1-3H3/t13-/m1/s1. The average molecular weight is 304 g/mol. The van der Waals surface area contributed by atoms with E-state index in [2.05, 4.69) is 4.72 Å². The van der Waals surface area contributed by atoms with Crippen LogP contribution in [0.2, 0.25) is 0 Å². The Labute approximate surface area is 126 Å². The van der Waals surface area contributed by atoms with E-state index >= 15 is 0 Å². The number of aryl methyl sites for hydroxylation is 1. The first-order valence-corrected chi connectivity index (χ1v) is 8.24. The maximum Gasteiger partial charge on any atom is 0.241 e. The second-order valence-corrected chi connectivity index (χ2v) is 6.83. The van der Waals surface area contributed by atoms with Crippen molar-refractivity contribution >= 4 is 15.7 Å². The zero-order valence-electron chi connectivity index (χ0n) is 12.4. The van der Waals surface area contributed by atoms with Gasteiger partial charge in [-0.25, -0.2) is 13.1 Å². The average Bonchev–Trinajstić information content (AvgIpc) is 2.43. The van der Waals surface area contributed by atoms with Gasteiger partial charge in [0, 0.05) is 11.7 Å². The molecule has 0 fully saturated rings. The molecule has 0 heterocycles. The van der Waals surface area contributed by atoms with Crippen LogP contribution in [0, 0.1) is 13.8 Å². The summed E-state index contributed by atoms with van der Waals surface area (Å²) in [5, 5.41) is 0. The molecule has 5 heteroatoms. The minimum atomic E-state index is -3.62. The van der Waals surface area contributed by atoms with Crippen LogP contribution in [-0.2, 0) is 10.0 Å². The van der Waals surface area contributed by atoms with Crippen LogP contribution in [0.15, 0.2) is 47.4 Å². The van der Waals surface area contributed by atoms with Crippen LogP contribution in [-0.4, -0.2) is 8.42 Å². The van der Waals surface area contributed by atoms with Crippen molar-refractivity contribution in [2.75, 3.05) is 5.73 Å². The zero-order valence-corrected chi connectivity index (χ0v) is 13.2. The molecular formula is C16H20N2O2S. The third-order valence-electron chi connectivity index (χ3n) is 3.54. The molecular weight excluding hydrogens is 284 g/mol. The van der Waals surface area contributed by atoms with Crippen LogP contribution in [0.3, 0.4) is 0 Å². The topological polar surface area (TPSA) is 72.2 Å². The highest BCUT2D eigenvalue weighted by molar-refractivity contribution is 7.89. The summed E-state index contributed by atoms with van der Waals surface area (Å²) in [6, 6.07) is 12.6. The molecule has 0 aliphatic carbocycles. The molecule has 2 rings (SSSR count). The Balaban J connectivity index is 2.38. The lowest BCUT2D eigenvalue weighted by molar-refractivity contribution is 0.565. The number of hydrogen-bond donors (Lipinski definition) is 2. The van der Waals surface area contributed by atoms with Gasteiger partial charge in [-0.05, 0) is 43.5 Å². The molecule has 0 saturated carbocycles. The zero-order chi connectivity index (χ0) is 15.6. The van der Waals surface area contributed by atoms with E-state index in [1.807, 2.05) is 37.3 Å². The Bertz CT molecular complexity index is 740. The Morgan fingerprint density at radius 2 is 1.67 bits per heavy atom. The molecule has 0 aromatic heterocycles. The maximum absolute atomic E-state index is 12.6. The monoisotopic (exact) mass is 304 g/mol. The molecule has 0 spiro atoms. The summed E-state index contributed by atoms with van der Waals surface area (Å²) < 4.78 is 28.0. The summed E-state index contributed by atoms with van der Waals surface area (Å²) >= 11 is 0. The molecule has 3 N–H and O–H groups in total. The Hall–Kier alpha value is -1.85. The first kappa shape index (κ1) is 15.5. The summed E-state index contributed by atoms with van der Waals surface area (Å²) in [5.41, 5.74) is 8.51. The van der Waals surface area contributed by atoms with Gasteiger partial charge in [0.1, 0.15) is 0 Å². The van der Waals surface area contributed by atoms with E-state index in [1.165, 1.54) is 0 Å². The third kappa shape index (κ3) is 3.25. The Kier molecular flexibility index (Phi) is 4.34. The molecule has 21 heavy (non-hydrogen) atoms. The van der Waals surface area contributed by atoms with E-state index in [0.29, 0.717) is 16.8 Å². The number of nitrogens with one attached hydrogen (secondary N) is 1. The van der Waals surface area contributed by atoms with Crippen LogP contribution in [0.25, 0.3) is 0 Å². The summed E-state index contributed by atoms with van der Waals surface area (Å²) in [6.45, 7) is 5.32. The molecule has 4 nitrogen and oxygen atoms in total. The number of nitrogens with two attached hydrogens (primary N) is 1. The molecule has 0 aliphatic rings. The molecule has 0 aliphatic heterocycles. The first-order chi connectivity index (χ1) is 9.83. The predicted octanol–water partition coefficient (Wildman–Crippen LogP) is 2.93. The molecule has 0 radical (unpaired) electrons. The minimum Gasteiger partial charge on any atom is -0.398 e. The van der Waals surface area contributed by atoms with Gasteiger partial charge in [-0.3, -0.25) is 0 Å². The first-order valence-electron chi connectivity index (χ1n) is 6.76. The van der Waals surface area contributed by atoms with Crippen LogP contribution in [0.4, 0.5) is 5.69 Å². The Morgan fingerprint density at radius 3 is 2.29 bits per heavy atom. The highest BCUT2D eigenvalue weighted by atomic mass is 32.2. The minimum absolute atomic E-state index is 0.269. The van der Waals surface area contributed by atoms with Crippen molar-refractivity contribution in [1.82, 2.24) is 4.72 Å². The van der Waals surface area contributed by atoms with Crippen molar-refractivity contribution in [1.29, 1.82) is 0 Å². The fraction of sp³-hybridized carbons (Fsp3) is 0.250. The predicted molar refractivity (Wildman–Crippen MR) is 85.5 cm³/mol. The summed E-state index contributed by atoms with van der Waals surface area (Å²) in [7, 11) is -3.62. The highest BCUT2D eigenvalue weighted by Gasteiger charge is 2.23. The fourth-order valence-corrected chi connectivity index (χ4v) is 4.09. The van der Waals surface area contributed by atoms with Crippen molar-refractivity contribution in [3.05, 3.63) is 59.2 Å². The SMILES string of the molecule is Cc1ccc(N)c(C)c1S(=O)(=O)N[C@H](C)c1ccccc1. The van der Waals surface area contributed by atoms with Crippen LogP contribution in [0.5, 0.6) is 0 Å². The largest absolute Gasteiger partial charge is 0.398 e. The normalized spacial score (nSPS) is 13.1. The Morgan fingerprint density at radius 1 is 1.05 bits per heavy atom. The van der Waals surface area contributed by atoms with E-state index in [1.54, 1.807) is 26.0 Å². The second kappa shape index (κ2) is 5.87. The highest BCUT2D eigenvalue weighted by Crippen LogP contribution is 2.26. The van der Waals surface area contributed by atoms with Gasteiger partial charge < -0.3 is 5.73 Å². The summed E-state index contributed by atoms with van der Waals surface area (Å²) in [5.74, 6) is 0. The molecule has 1 atom stereocenters.